The highest BCUT2D eigenvalue weighted by molar-refractivity contribution is 14.1. The highest BCUT2D eigenvalue weighted by atomic mass is 127. The highest BCUT2D eigenvalue weighted by Gasteiger charge is 2.26. The van der Waals surface area contributed by atoms with Crippen LogP contribution in [0.5, 0.6) is 0 Å². The number of carbonyl (C=O) groups is 1. The van der Waals surface area contributed by atoms with Crippen molar-refractivity contribution >= 4 is 52.2 Å². The van der Waals surface area contributed by atoms with Gasteiger partial charge in [-0.1, -0.05) is 0 Å². The van der Waals surface area contributed by atoms with Crippen LogP contribution in [-0.4, -0.2) is 31.7 Å². The maximum absolute atomic E-state index is 12.0. The first-order valence-corrected chi connectivity index (χ1v) is 8.41. The van der Waals surface area contributed by atoms with Gasteiger partial charge in [0, 0.05) is 24.6 Å². The van der Waals surface area contributed by atoms with Gasteiger partial charge in [0.2, 0.25) is 5.91 Å². The lowest BCUT2D eigenvalue weighted by Gasteiger charge is -2.26. The van der Waals surface area contributed by atoms with Gasteiger partial charge < -0.3 is 15.8 Å². The molecule has 1 saturated heterocycles. The summed E-state index contributed by atoms with van der Waals surface area (Å²) in [5.41, 5.74) is 6.01. The van der Waals surface area contributed by atoms with E-state index in [2.05, 4.69) is 40.0 Å². The van der Waals surface area contributed by atoms with E-state index in [0.717, 1.165) is 32.5 Å². The van der Waals surface area contributed by atoms with E-state index in [1.54, 1.807) is 11.3 Å². The fourth-order valence-corrected chi connectivity index (χ4v) is 3.96. The monoisotopic (exact) mass is 430 g/mol. The Morgan fingerprint density at radius 2 is 2.20 bits per heavy atom. The van der Waals surface area contributed by atoms with Crippen molar-refractivity contribution in [3.8, 4) is 0 Å². The lowest BCUT2D eigenvalue weighted by atomic mass is 9.92. The van der Waals surface area contributed by atoms with Gasteiger partial charge >= 0.3 is 0 Å². The molecule has 1 amide bonds. The van der Waals surface area contributed by atoms with E-state index in [4.69, 9.17) is 10.5 Å². The van der Waals surface area contributed by atoms with E-state index in [-0.39, 0.29) is 24.2 Å². The van der Waals surface area contributed by atoms with Gasteiger partial charge in [0.1, 0.15) is 0 Å². The normalized spacial score (nSPS) is 17.3. The minimum atomic E-state index is -0.396. The zero-order valence-corrected chi connectivity index (χ0v) is 14.9. The van der Waals surface area contributed by atoms with Gasteiger partial charge in [0.25, 0.3) is 0 Å². The van der Waals surface area contributed by atoms with Crippen LogP contribution < -0.4 is 11.1 Å². The van der Waals surface area contributed by atoms with Crippen molar-refractivity contribution in [2.75, 3.05) is 19.8 Å². The molecule has 0 radical (unpaired) electrons. The second-order valence-electron chi connectivity index (χ2n) is 4.72. The summed E-state index contributed by atoms with van der Waals surface area (Å²) in [7, 11) is 0. The van der Waals surface area contributed by atoms with Crippen molar-refractivity contribution in [1.29, 1.82) is 0 Å². The number of amides is 1. The van der Waals surface area contributed by atoms with Crippen LogP contribution >= 0.6 is 46.3 Å². The summed E-state index contributed by atoms with van der Waals surface area (Å²) in [5, 5.41) is 2.94. The van der Waals surface area contributed by atoms with Crippen molar-refractivity contribution in [3.05, 3.63) is 19.9 Å². The van der Waals surface area contributed by atoms with Crippen molar-refractivity contribution in [2.45, 2.75) is 25.3 Å². The lowest BCUT2D eigenvalue weighted by molar-refractivity contribution is -0.124. The first-order valence-electron chi connectivity index (χ1n) is 6.52. The Morgan fingerprint density at radius 1 is 1.50 bits per heavy atom. The predicted molar refractivity (Wildman–Crippen MR) is 92.5 cm³/mol. The molecule has 114 valence electrons. The maximum Gasteiger partial charge on any atom is 0.237 e. The molecule has 1 aromatic heterocycles. The van der Waals surface area contributed by atoms with Crippen molar-refractivity contribution in [1.82, 2.24) is 5.32 Å². The Morgan fingerprint density at radius 3 is 2.80 bits per heavy atom. The van der Waals surface area contributed by atoms with Gasteiger partial charge in [0.05, 0.1) is 8.93 Å². The molecule has 1 unspecified atom stereocenters. The molecular formula is C13H20ClIN2O2S. The molecule has 0 saturated carbocycles. The molecule has 1 atom stereocenters. The third-order valence-electron chi connectivity index (χ3n) is 3.38. The maximum atomic E-state index is 12.0. The molecule has 1 aliphatic rings. The summed E-state index contributed by atoms with van der Waals surface area (Å²) < 4.78 is 6.56. The number of rotatable bonds is 5. The standard InChI is InChI=1S/C13H19IN2O2S.ClH/c14-11-2-1-10(19-11)3-6-16-13(17)12(15)9-4-7-18-8-5-9;/h1-2,9,12H,3-8,15H2,(H,16,17);1H. The van der Waals surface area contributed by atoms with Crippen molar-refractivity contribution < 1.29 is 9.53 Å². The molecular weight excluding hydrogens is 411 g/mol. The van der Waals surface area contributed by atoms with Crippen LogP contribution in [-0.2, 0) is 16.0 Å². The molecule has 1 aromatic rings. The largest absolute Gasteiger partial charge is 0.381 e. The molecule has 0 bridgehead atoms. The Labute approximate surface area is 143 Å². The van der Waals surface area contributed by atoms with Crippen LogP contribution in [0.1, 0.15) is 17.7 Å². The topological polar surface area (TPSA) is 64.4 Å². The third-order valence-corrected chi connectivity index (χ3v) is 5.33. The second kappa shape index (κ2) is 9.19. The first kappa shape index (κ1) is 18.2. The zero-order chi connectivity index (χ0) is 13.7. The molecule has 0 spiro atoms. The van der Waals surface area contributed by atoms with Gasteiger partial charge in [-0.15, -0.1) is 23.7 Å². The fraction of sp³-hybridized carbons (Fsp3) is 0.615. The van der Waals surface area contributed by atoms with Gasteiger partial charge in [-0.25, -0.2) is 0 Å². The van der Waals surface area contributed by atoms with Gasteiger partial charge in [-0.3, -0.25) is 4.79 Å². The summed E-state index contributed by atoms with van der Waals surface area (Å²) in [6, 6.07) is 3.81. The quantitative estimate of drug-likeness (QED) is 0.704. The number of ether oxygens (including phenoxy) is 1. The number of hydrogen-bond donors (Lipinski definition) is 2. The molecule has 0 aliphatic carbocycles. The average Bonchev–Trinajstić information content (AvgIpc) is 2.84. The van der Waals surface area contributed by atoms with Crippen molar-refractivity contribution in [3.63, 3.8) is 0 Å². The van der Waals surface area contributed by atoms with Crippen LogP contribution in [0.2, 0.25) is 0 Å². The number of thiophene rings is 1. The number of nitrogens with two attached hydrogens (primary N) is 1. The molecule has 20 heavy (non-hydrogen) atoms. The molecule has 4 nitrogen and oxygen atoms in total. The molecule has 0 aromatic carbocycles. The molecule has 2 heterocycles. The summed E-state index contributed by atoms with van der Waals surface area (Å²) in [6.07, 6.45) is 2.65. The smallest absolute Gasteiger partial charge is 0.237 e. The number of nitrogens with one attached hydrogen (secondary N) is 1. The fourth-order valence-electron chi connectivity index (χ4n) is 2.20. The second-order valence-corrected chi connectivity index (χ2v) is 7.78. The molecule has 7 heteroatoms. The summed E-state index contributed by atoms with van der Waals surface area (Å²) in [6.45, 7) is 2.10. The number of halogens is 2. The minimum Gasteiger partial charge on any atom is -0.381 e. The van der Waals surface area contributed by atoms with E-state index in [1.807, 2.05) is 0 Å². The number of carbonyl (C=O) groups excluding carboxylic acids is 1. The van der Waals surface area contributed by atoms with Crippen LogP contribution in [0.15, 0.2) is 12.1 Å². The van der Waals surface area contributed by atoms with E-state index in [0.29, 0.717) is 6.54 Å². The average molecular weight is 431 g/mol. The van der Waals surface area contributed by atoms with Crippen LogP contribution in [0.3, 0.4) is 0 Å². The van der Waals surface area contributed by atoms with Crippen LogP contribution in [0.25, 0.3) is 0 Å². The number of hydrogen-bond acceptors (Lipinski definition) is 4. The minimum absolute atomic E-state index is 0. The van der Waals surface area contributed by atoms with Gasteiger partial charge in [-0.2, -0.15) is 0 Å². The Balaban J connectivity index is 0.00000200. The highest BCUT2D eigenvalue weighted by Crippen LogP contribution is 2.19. The Hall–Kier alpha value is 0.110. The summed E-state index contributed by atoms with van der Waals surface area (Å²) >= 11 is 4.07. The lowest BCUT2D eigenvalue weighted by Crippen LogP contribution is -2.47. The zero-order valence-electron chi connectivity index (χ0n) is 11.1. The van der Waals surface area contributed by atoms with E-state index in [9.17, 15) is 4.79 Å². The van der Waals surface area contributed by atoms with Gasteiger partial charge in [0.15, 0.2) is 0 Å². The molecule has 1 fully saturated rings. The van der Waals surface area contributed by atoms with E-state index < -0.39 is 6.04 Å². The molecule has 2 rings (SSSR count). The van der Waals surface area contributed by atoms with E-state index >= 15 is 0 Å². The van der Waals surface area contributed by atoms with Crippen LogP contribution in [0, 0.1) is 8.80 Å². The summed E-state index contributed by atoms with van der Waals surface area (Å²) in [5.74, 6) is 0.231. The van der Waals surface area contributed by atoms with E-state index in [1.165, 1.54) is 7.76 Å². The van der Waals surface area contributed by atoms with Gasteiger partial charge in [-0.05, 0) is 59.9 Å². The SMILES string of the molecule is Cl.NC(C(=O)NCCc1ccc(I)s1)C1CCOCC1. The predicted octanol–water partition coefficient (Wildman–Crippen LogP) is 2.19. The molecule has 1 aliphatic heterocycles. The Kier molecular flexibility index (Phi) is 8.35. The van der Waals surface area contributed by atoms with Crippen LogP contribution in [0.4, 0.5) is 0 Å². The first-order chi connectivity index (χ1) is 9.16. The third kappa shape index (κ3) is 5.48. The van der Waals surface area contributed by atoms with Crippen molar-refractivity contribution in [2.24, 2.45) is 11.7 Å². The summed E-state index contributed by atoms with van der Waals surface area (Å²) in [4.78, 5) is 13.3. The molecule has 3 N–H and O–H groups in total. The Bertz CT molecular complexity index is 424.